The van der Waals surface area contributed by atoms with Crippen molar-refractivity contribution in [1.29, 1.82) is 0 Å². The summed E-state index contributed by atoms with van der Waals surface area (Å²) < 4.78 is 27.5. The van der Waals surface area contributed by atoms with Crippen molar-refractivity contribution in [3.05, 3.63) is 89.2 Å². The van der Waals surface area contributed by atoms with Crippen LogP contribution in [-0.4, -0.2) is 16.8 Å². The Kier molecular flexibility index (Phi) is 5.97. The zero-order valence-electron chi connectivity index (χ0n) is 15.9. The van der Waals surface area contributed by atoms with Crippen LogP contribution < -0.4 is 10.6 Å². The summed E-state index contributed by atoms with van der Waals surface area (Å²) in [5, 5.41) is 4.98. The number of aromatic nitrogens is 1. The van der Waals surface area contributed by atoms with Crippen LogP contribution in [0.1, 0.15) is 46.2 Å². The number of carbonyl (C=O) groups is 2. The first-order valence-corrected chi connectivity index (χ1v) is 8.98. The number of halogens is 2. The van der Waals surface area contributed by atoms with Crippen LogP contribution in [-0.2, 0) is 0 Å². The smallest absolute Gasteiger partial charge is 0.274 e. The summed E-state index contributed by atoms with van der Waals surface area (Å²) in [4.78, 5) is 28.9. The Hall–Kier alpha value is -3.61. The lowest BCUT2D eigenvalue weighted by molar-refractivity contribution is 0.102. The highest BCUT2D eigenvalue weighted by molar-refractivity contribution is 6.08. The molecular weight excluding hydrogens is 376 g/mol. The maximum atomic E-state index is 13.7. The van der Waals surface area contributed by atoms with E-state index in [4.69, 9.17) is 0 Å². The Balaban J connectivity index is 1.81. The van der Waals surface area contributed by atoms with Gasteiger partial charge in [0.15, 0.2) is 0 Å². The lowest BCUT2D eigenvalue weighted by Gasteiger charge is -2.14. The molecule has 3 aromatic rings. The van der Waals surface area contributed by atoms with Crippen LogP contribution in [0.3, 0.4) is 0 Å². The van der Waals surface area contributed by atoms with E-state index in [2.05, 4.69) is 15.6 Å². The van der Waals surface area contributed by atoms with Gasteiger partial charge in [0.2, 0.25) is 0 Å². The molecule has 2 amide bonds. The molecule has 0 fully saturated rings. The number of nitrogens with one attached hydrogen (secondary N) is 2. The predicted octanol–water partition coefficient (Wildman–Crippen LogP) is 4.99. The van der Waals surface area contributed by atoms with Crippen molar-refractivity contribution in [3.8, 4) is 0 Å². The molecule has 1 aromatic heterocycles. The zero-order valence-corrected chi connectivity index (χ0v) is 15.9. The first kappa shape index (κ1) is 20.1. The number of pyridine rings is 1. The van der Waals surface area contributed by atoms with E-state index in [1.165, 1.54) is 24.4 Å². The van der Waals surface area contributed by atoms with Crippen molar-refractivity contribution < 1.29 is 18.4 Å². The number of hydrogen-bond acceptors (Lipinski definition) is 3. The number of para-hydroxylation sites is 2. The Morgan fingerprint density at radius 3 is 2.28 bits per heavy atom. The second-order valence-electron chi connectivity index (χ2n) is 6.68. The standard InChI is InChI=1S/C22H19F2N3O2/c1-13(2)15-6-3-4-9-18(15)26-21(28)14-10-11-25-19(12-14)22(29)27-20-16(23)7-5-8-17(20)24/h3-13H,1-2H3,(H,26,28)(H,27,29). The average molecular weight is 395 g/mol. The number of rotatable bonds is 5. The van der Waals surface area contributed by atoms with Gasteiger partial charge in [0, 0.05) is 17.4 Å². The van der Waals surface area contributed by atoms with Crippen LogP contribution in [0.15, 0.2) is 60.8 Å². The first-order valence-electron chi connectivity index (χ1n) is 8.98. The van der Waals surface area contributed by atoms with Crippen LogP contribution in [0.5, 0.6) is 0 Å². The minimum Gasteiger partial charge on any atom is -0.322 e. The lowest BCUT2D eigenvalue weighted by atomic mass is 10.0. The molecule has 2 aromatic carbocycles. The van der Waals surface area contributed by atoms with Crippen LogP contribution in [0.2, 0.25) is 0 Å². The zero-order chi connectivity index (χ0) is 21.0. The summed E-state index contributed by atoms with van der Waals surface area (Å²) in [5.74, 6) is -2.85. The monoisotopic (exact) mass is 395 g/mol. The molecule has 0 saturated carbocycles. The maximum Gasteiger partial charge on any atom is 0.274 e. The molecule has 0 saturated heterocycles. The van der Waals surface area contributed by atoms with E-state index in [1.807, 2.05) is 32.0 Å². The van der Waals surface area contributed by atoms with Crippen LogP contribution in [0, 0.1) is 11.6 Å². The lowest BCUT2D eigenvalue weighted by Crippen LogP contribution is -2.18. The van der Waals surface area contributed by atoms with Crippen molar-refractivity contribution >= 4 is 23.2 Å². The normalized spacial score (nSPS) is 10.7. The number of nitrogens with zero attached hydrogens (tertiary/aromatic N) is 1. The van der Waals surface area contributed by atoms with Crippen molar-refractivity contribution in [2.75, 3.05) is 10.6 Å². The van der Waals surface area contributed by atoms with Gasteiger partial charge < -0.3 is 10.6 Å². The van der Waals surface area contributed by atoms with Crippen molar-refractivity contribution in [2.45, 2.75) is 19.8 Å². The van der Waals surface area contributed by atoms with Gasteiger partial charge >= 0.3 is 0 Å². The molecule has 0 atom stereocenters. The summed E-state index contributed by atoms with van der Waals surface area (Å²) in [5.41, 5.74) is 1.13. The molecule has 0 spiro atoms. The number of carbonyl (C=O) groups excluding carboxylic acids is 2. The minimum atomic E-state index is -0.905. The van der Waals surface area contributed by atoms with Gasteiger partial charge in [-0.15, -0.1) is 0 Å². The molecular formula is C22H19F2N3O2. The Labute approximate surface area is 166 Å². The van der Waals surface area contributed by atoms with Gasteiger partial charge in [-0.05, 0) is 41.8 Å². The summed E-state index contributed by atoms with van der Waals surface area (Å²) in [6, 6.07) is 13.4. The van der Waals surface area contributed by atoms with E-state index in [1.54, 1.807) is 6.07 Å². The quantitative estimate of drug-likeness (QED) is 0.640. The molecule has 2 N–H and O–H groups in total. The largest absolute Gasteiger partial charge is 0.322 e. The molecule has 0 unspecified atom stereocenters. The van der Waals surface area contributed by atoms with Gasteiger partial charge in [-0.25, -0.2) is 8.78 Å². The molecule has 29 heavy (non-hydrogen) atoms. The van der Waals surface area contributed by atoms with E-state index in [-0.39, 0.29) is 17.2 Å². The van der Waals surface area contributed by atoms with Gasteiger partial charge in [0.05, 0.1) is 0 Å². The van der Waals surface area contributed by atoms with Crippen molar-refractivity contribution in [3.63, 3.8) is 0 Å². The topological polar surface area (TPSA) is 71.1 Å². The van der Waals surface area contributed by atoms with Crippen LogP contribution in [0.25, 0.3) is 0 Å². The third kappa shape index (κ3) is 4.63. The Morgan fingerprint density at radius 2 is 1.59 bits per heavy atom. The molecule has 7 heteroatoms. The van der Waals surface area contributed by atoms with E-state index in [9.17, 15) is 18.4 Å². The highest BCUT2D eigenvalue weighted by atomic mass is 19.1. The summed E-state index contributed by atoms with van der Waals surface area (Å²) in [6.45, 7) is 4.03. The third-order valence-electron chi connectivity index (χ3n) is 4.29. The number of anilines is 2. The van der Waals surface area contributed by atoms with Crippen molar-refractivity contribution in [1.82, 2.24) is 4.98 Å². The molecule has 0 aliphatic heterocycles. The minimum absolute atomic E-state index is 0.141. The van der Waals surface area contributed by atoms with E-state index in [0.717, 1.165) is 17.7 Å². The van der Waals surface area contributed by atoms with Crippen molar-refractivity contribution in [2.24, 2.45) is 0 Å². The third-order valence-corrected chi connectivity index (χ3v) is 4.29. The molecule has 5 nitrogen and oxygen atoms in total. The molecule has 148 valence electrons. The van der Waals surface area contributed by atoms with Gasteiger partial charge in [-0.3, -0.25) is 14.6 Å². The highest BCUT2D eigenvalue weighted by Gasteiger charge is 2.17. The first-order chi connectivity index (χ1) is 13.9. The molecule has 0 bridgehead atoms. The van der Waals surface area contributed by atoms with Gasteiger partial charge in [0.1, 0.15) is 23.0 Å². The Morgan fingerprint density at radius 1 is 0.897 bits per heavy atom. The fourth-order valence-corrected chi connectivity index (χ4v) is 2.80. The molecule has 0 aliphatic carbocycles. The summed E-state index contributed by atoms with van der Waals surface area (Å²) >= 11 is 0. The average Bonchev–Trinajstić information content (AvgIpc) is 2.71. The number of benzene rings is 2. The van der Waals surface area contributed by atoms with Gasteiger partial charge in [0.25, 0.3) is 11.8 Å². The summed E-state index contributed by atoms with van der Waals surface area (Å²) in [6.07, 6.45) is 1.29. The van der Waals surface area contributed by atoms with Crippen LogP contribution in [0.4, 0.5) is 20.2 Å². The predicted molar refractivity (Wildman–Crippen MR) is 107 cm³/mol. The maximum absolute atomic E-state index is 13.7. The second-order valence-corrected chi connectivity index (χ2v) is 6.68. The second kappa shape index (κ2) is 8.60. The molecule has 0 radical (unpaired) electrons. The van der Waals surface area contributed by atoms with Gasteiger partial charge in [-0.2, -0.15) is 0 Å². The van der Waals surface area contributed by atoms with Gasteiger partial charge in [-0.1, -0.05) is 38.1 Å². The number of hydrogen-bond donors (Lipinski definition) is 2. The fourth-order valence-electron chi connectivity index (χ4n) is 2.80. The number of amides is 2. The van der Waals surface area contributed by atoms with E-state index in [0.29, 0.717) is 5.69 Å². The Bertz CT molecular complexity index is 1050. The molecule has 0 aliphatic rings. The molecule has 3 rings (SSSR count). The van der Waals surface area contributed by atoms with E-state index < -0.39 is 29.1 Å². The van der Waals surface area contributed by atoms with E-state index >= 15 is 0 Å². The fraction of sp³-hybridized carbons (Fsp3) is 0.136. The molecule has 1 heterocycles. The summed E-state index contributed by atoms with van der Waals surface area (Å²) in [7, 11) is 0. The van der Waals surface area contributed by atoms with Crippen LogP contribution >= 0.6 is 0 Å². The highest BCUT2D eigenvalue weighted by Crippen LogP contribution is 2.24. The SMILES string of the molecule is CC(C)c1ccccc1NC(=O)c1ccnc(C(=O)Nc2c(F)cccc2F)c1.